The molecule has 0 unspecified atom stereocenters. The number of rotatable bonds is 4. The van der Waals surface area contributed by atoms with Crippen LogP contribution in [0.25, 0.3) is 0 Å². The number of para-hydroxylation sites is 1. The van der Waals surface area contributed by atoms with E-state index in [2.05, 4.69) is 48.5 Å². The molecular weight excluding hydrogens is 389 g/mol. The Hall–Kier alpha value is -0.980. The number of guanidine groups is 1. The first kappa shape index (κ1) is 19.1. The van der Waals surface area contributed by atoms with E-state index in [4.69, 9.17) is 4.74 Å². The third kappa shape index (κ3) is 4.76. The number of nitrogens with zero attached hydrogens (tertiary/aromatic N) is 1. The molecule has 4 nitrogen and oxygen atoms in total. The fourth-order valence-electron chi connectivity index (χ4n) is 2.56. The van der Waals surface area contributed by atoms with Crippen molar-refractivity contribution in [2.75, 3.05) is 20.7 Å². The lowest BCUT2D eigenvalue weighted by Crippen LogP contribution is -2.49. The molecule has 1 aliphatic carbocycles. The molecular formula is C17H28IN3O. The summed E-state index contributed by atoms with van der Waals surface area (Å²) in [6, 6.07) is 8.32. The number of hydrogen-bond donors (Lipinski definition) is 2. The third-order valence-corrected chi connectivity index (χ3v) is 3.84. The van der Waals surface area contributed by atoms with Crippen LogP contribution in [-0.2, 0) is 5.41 Å². The van der Waals surface area contributed by atoms with Crippen LogP contribution >= 0.6 is 24.0 Å². The second-order valence-electron chi connectivity index (χ2n) is 6.78. The fourth-order valence-corrected chi connectivity index (χ4v) is 2.56. The molecule has 5 heteroatoms. The second kappa shape index (κ2) is 7.53. The Bertz CT molecular complexity index is 519. The Kier molecular flexibility index (Phi) is 6.52. The number of aliphatic imine (C=N–C) groups is 1. The number of methoxy groups -OCH3 is 1. The number of hydrogen-bond acceptors (Lipinski definition) is 2. The van der Waals surface area contributed by atoms with Crippen LogP contribution in [0.4, 0.5) is 0 Å². The highest BCUT2D eigenvalue weighted by molar-refractivity contribution is 14.0. The summed E-state index contributed by atoms with van der Waals surface area (Å²) in [5.41, 5.74) is 1.48. The van der Waals surface area contributed by atoms with Crippen molar-refractivity contribution >= 4 is 29.9 Å². The molecule has 1 aromatic rings. The summed E-state index contributed by atoms with van der Waals surface area (Å²) in [7, 11) is 3.55. The van der Waals surface area contributed by atoms with Gasteiger partial charge in [0.2, 0.25) is 0 Å². The van der Waals surface area contributed by atoms with Gasteiger partial charge < -0.3 is 15.4 Å². The maximum Gasteiger partial charge on any atom is 0.191 e. The van der Waals surface area contributed by atoms with Gasteiger partial charge in [0.15, 0.2) is 5.96 Å². The first-order chi connectivity index (χ1) is 9.90. The number of nitrogens with one attached hydrogen (secondary N) is 2. The average Bonchev–Trinajstić information content (AvgIpc) is 3.23. The van der Waals surface area contributed by atoms with Crippen LogP contribution in [0.1, 0.15) is 39.2 Å². The Balaban J connectivity index is 0.00000242. The minimum atomic E-state index is 0. The van der Waals surface area contributed by atoms with Gasteiger partial charge in [-0.2, -0.15) is 0 Å². The van der Waals surface area contributed by atoms with Crippen LogP contribution in [0.2, 0.25) is 0 Å². The summed E-state index contributed by atoms with van der Waals surface area (Å²) in [6.45, 7) is 7.27. The molecule has 22 heavy (non-hydrogen) atoms. The summed E-state index contributed by atoms with van der Waals surface area (Å²) in [5, 5.41) is 6.86. The summed E-state index contributed by atoms with van der Waals surface area (Å²) in [6.07, 6.45) is 2.37. The topological polar surface area (TPSA) is 45.7 Å². The SMILES string of the molecule is CN=C(NCC1(c2ccccc2OC)CC1)NC(C)(C)C.I. The monoisotopic (exact) mass is 417 g/mol. The van der Waals surface area contributed by atoms with Crippen molar-refractivity contribution in [3.05, 3.63) is 29.8 Å². The minimum Gasteiger partial charge on any atom is -0.496 e. The average molecular weight is 417 g/mol. The van der Waals surface area contributed by atoms with Gasteiger partial charge in [-0.3, -0.25) is 4.99 Å². The van der Waals surface area contributed by atoms with Gasteiger partial charge in [-0.25, -0.2) is 0 Å². The molecule has 0 amide bonds. The molecule has 1 saturated carbocycles. The van der Waals surface area contributed by atoms with E-state index in [1.54, 1.807) is 7.11 Å². The van der Waals surface area contributed by atoms with Gasteiger partial charge in [0.05, 0.1) is 7.11 Å². The molecule has 0 aliphatic heterocycles. The molecule has 0 radical (unpaired) electrons. The first-order valence-electron chi connectivity index (χ1n) is 7.52. The van der Waals surface area contributed by atoms with Crippen molar-refractivity contribution in [3.63, 3.8) is 0 Å². The first-order valence-corrected chi connectivity index (χ1v) is 7.52. The largest absolute Gasteiger partial charge is 0.496 e. The highest BCUT2D eigenvalue weighted by atomic mass is 127. The predicted octanol–water partition coefficient (Wildman–Crippen LogP) is 3.31. The molecule has 1 fully saturated rings. The van der Waals surface area contributed by atoms with Gasteiger partial charge in [0.25, 0.3) is 0 Å². The molecule has 0 saturated heterocycles. The maximum absolute atomic E-state index is 5.51. The highest BCUT2D eigenvalue weighted by Crippen LogP contribution is 2.50. The summed E-state index contributed by atoms with van der Waals surface area (Å²) in [4.78, 5) is 4.30. The molecule has 0 atom stereocenters. The van der Waals surface area contributed by atoms with E-state index < -0.39 is 0 Å². The van der Waals surface area contributed by atoms with Gasteiger partial charge in [0.1, 0.15) is 5.75 Å². The molecule has 0 spiro atoms. The molecule has 1 aliphatic rings. The van der Waals surface area contributed by atoms with Crippen molar-refractivity contribution in [3.8, 4) is 5.75 Å². The van der Waals surface area contributed by atoms with E-state index in [1.807, 2.05) is 19.2 Å². The minimum absolute atomic E-state index is 0. The molecule has 1 aromatic carbocycles. The zero-order valence-corrected chi connectivity index (χ0v) is 16.5. The molecule has 2 N–H and O–H groups in total. The molecule has 0 heterocycles. The van der Waals surface area contributed by atoms with E-state index in [9.17, 15) is 0 Å². The van der Waals surface area contributed by atoms with Gasteiger partial charge in [-0.15, -0.1) is 24.0 Å². The molecule has 0 aromatic heterocycles. The number of benzene rings is 1. The lowest BCUT2D eigenvalue weighted by Gasteiger charge is -2.26. The van der Waals surface area contributed by atoms with E-state index in [-0.39, 0.29) is 34.9 Å². The van der Waals surface area contributed by atoms with Crippen molar-refractivity contribution in [2.24, 2.45) is 4.99 Å². The van der Waals surface area contributed by atoms with Crippen LogP contribution in [0.5, 0.6) is 5.75 Å². The van der Waals surface area contributed by atoms with Crippen LogP contribution in [0, 0.1) is 0 Å². The Morgan fingerprint density at radius 3 is 2.41 bits per heavy atom. The van der Waals surface area contributed by atoms with E-state index in [0.29, 0.717) is 0 Å². The number of ether oxygens (including phenoxy) is 1. The molecule has 2 rings (SSSR count). The Morgan fingerprint density at radius 2 is 1.91 bits per heavy atom. The predicted molar refractivity (Wildman–Crippen MR) is 104 cm³/mol. The lowest BCUT2D eigenvalue weighted by atomic mass is 9.95. The number of halogens is 1. The van der Waals surface area contributed by atoms with Crippen LogP contribution < -0.4 is 15.4 Å². The van der Waals surface area contributed by atoms with Crippen molar-refractivity contribution in [1.82, 2.24) is 10.6 Å². The summed E-state index contributed by atoms with van der Waals surface area (Å²) >= 11 is 0. The van der Waals surface area contributed by atoms with Crippen molar-refractivity contribution in [2.45, 2.75) is 44.6 Å². The lowest BCUT2D eigenvalue weighted by molar-refractivity contribution is 0.403. The second-order valence-corrected chi connectivity index (χ2v) is 6.78. The zero-order valence-electron chi connectivity index (χ0n) is 14.2. The van der Waals surface area contributed by atoms with E-state index >= 15 is 0 Å². The van der Waals surface area contributed by atoms with Gasteiger partial charge in [-0.05, 0) is 39.7 Å². The quantitative estimate of drug-likeness (QED) is 0.449. The normalized spacial score (nSPS) is 16.5. The Morgan fingerprint density at radius 1 is 1.27 bits per heavy atom. The maximum atomic E-state index is 5.51. The third-order valence-electron chi connectivity index (χ3n) is 3.84. The fraction of sp³-hybridized carbons (Fsp3) is 0.588. The van der Waals surface area contributed by atoms with Crippen molar-refractivity contribution in [1.29, 1.82) is 0 Å². The zero-order chi connectivity index (χ0) is 15.5. The van der Waals surface area contributed by atoms with E-state index in [1.165, 1.54) is 18.4 Å². The van der Waals surface area contributed by atoms with Crippen molar-refractivity contribution < 1.29 is 4.74 Å². The molecule has 124 valence electrons. The van der Waals surface area contributed by atoms with Gasteiger partial charge in [-0.1, -0.05) is 18.2 Å². The summed E-state index contributed by atoms with van der Waals surface area (Å²) in [5.74, 6) is 1.83. The van der Waals surface area contributed by atoms with Crippen LogP contribution in [0.3, 0.4) is 0 Å². The van der Waals surface area contributed by atoms with Gasteiger partial charge in [0, 0.05) is 30.1 Å². The van der Waals surface area contributed by atoms with Crippen LogP contribution in [-0.4, -0.2) is 32.2 Å². The Labute approximate surface area is 151 Å². The highest BCUT2D eigenvalue weighted by Gasteiger charge is 2.46. The van der Waals surface area contributed by atoms with E-state index in [0.717, 1.165) is 18.3 Å². The van der Waals surface area contributed by atoms with Crippen LogP contribution in [0.15, 0.2) is 29.3 Å². The van der Waals surface area contributed by atoms with Gasteiger partial charge >= 0.3 is 0 Å². The summed E-state index contributed by atoms with van der Waals surface area (Å²) < 4.78 is 5.51. The molecule has 0 bridgehead atoms. The standard InChI is InChI=1S/C17H27N3O.HI/c1-16(2,3)20-15(18-4)19-12-17(10-11-17)13-8-6-7-9-14(13)21-5;/h6-9H,10-12H2,1-5H3,(H2,18,19,20);1H. The smallest absolute Gasteiger partial charge is 0.191 e.